The molecule has 0 aromatic rings. The Bertz CT molecular complexity index is 133. The van der Waals surface area contributed by atoms with E-state index in [4.69, 9.17) is 0 Å². The lowest BCUT2D eigenvalue weighted by Crippen LogP contribution is -2.31. The van der Waals surface area contributed by atoms with Gasteiger partial charge in [0, 0.05) is 18.8 Å². The van der Waals surface area contributed by atoms with Gasteiger partial charge in [0.1, 0.15) is 0 Å². The van der Waals surface area contributed by atoms with Crippen LogP contribution in [-0.2, 0) is 0 Å². The summed E-state index contributed by atoms with van der Waals surface area (Å²) in [5, 5.41) is 10.2. The Morgan fingerprint density at radius 2 is 2.00 bits per heavy atom. The maximum atomic E-state index is 10.2. The fraction of sp³-hybridized carbons (Fsp3) is 0.667. The first-order valence-electron chi connectivity index (χ1n) is 2.69. The zero-order chi connectivity index (χ0) is 7.65. The number of nitro groups is 1. The van der Waals surface area contributed by atoms with E-state index in [1.54, 1.807) is 6.92 Å². The van der Waals surface area contributed by atoms with E-state index < -0.39 is 5.54 Å². The monoisotopic (exact) mass is 129 g/mol. The number of nitrogens with zero attached hydrogens (tertiary/aromatic N) is 1. The Balaban J connectivity index is 4.38. The van der Waals surface area contributed by atoms with Crippen molar-refractivity contribution in [3.63, 3.8) is 0 Å². The highest BCUT2D eigenvalue weighted by Gasteiger charge is 2.30. The predicted octanol–water partition coefficient (Wildman–Crippen LogP) is 1.62. The molecule has 0 amide bonds. The van der Waals surface area contributed by atoms with Crippen LogP contribution in [0.15, 0.2) is 12.2 Å². The molecule has 0 saturated heterocycles. The maximum absolute atomic E-state index is 10.2. The molecule has 0 N–H and O–H groups in total. The minimum atomic E-state index is -0.972. The highest BCUT2D eigenvalue weighted by atomic mass is 16.6. The van der Waals surface area contributed by atoms with Crippen molar-refractivity contribution in [2.45, 2.75) is 26.3 Å². The number of rotatable bonds is 2. The van der Waals surface area contributed by atoms with Crippen LogP contribution in [0.2, 0.25) is 0 Å². The van der Waals surface area contributed by atoms with Crippen LogP contribution < -0.4 is 0 Å². The lowest BCUT2D eigenvalue weighted by Gasteiger charge is -2.14. The third kappa shape index (κ3) is 1.52. The van der Waals surface area contributed by atoms with Gasteiger partial charge in [-0.2, -0.15) is 0 Å². The summed E-state index contributed by atoms with van der Waals surface area (Å²) < 4.78 is 0. The van der Waals surface area contributed by atoms with Gasteiger partial charge >= 0.3 is 0 Å². The molecule has 0 saturated carbocycles. The summed E-state index contributed by atoms with van der Waals surface area (Å²) in [6.07, 6.45) is 0. The molecular weight excluding hydrogens is 118 g/mol. The minimum Gasteiger partial charge on any atom is -0.264 e. The van der Waals surface area contributed by atoms with Crippen molar-refractivity contribution in [3.05, 3.63) is 22.3 Å². The van der Waals surface area contributed by atoms with Crippen LogP contribution in [0, 0.1) is 10.1 Å². The lowest BCUT2D eigenvalue weighted by molar-refractivity contribution is -0.548. The molecule has 0 aliphatic heterocycles. The molecule has 0 unspecified atom stereocenters. The standard InChI is InChI=1S/C6H11NO2/c1-5(2)6(3,4)7(8)9/h1H2,2-4H3. The average Bonchev–Trinajstić information content (AvgIpc) is 1.65. The Morgan fingerprint density at radius 1 is 1.67 bits per heavy atom. The molecule has 0 aliphatic carbocycles. The second-order valence-electron chi connectivity index (χ2n) is 2.60. The SMILES string of the molecule is C=C(C)C(C)(C)[N+](=O)[O-]. The molecule has 0 rings (SSSR count). The fourth-order valence-electron chi connectivity index (χ4n) is 0.156. The van der Waals surface area contributed by atoms with Gasteiger partial charge in [-0.3, -0.25) is 10.1 Å². The lowest BCUT2D eigenvalue weighted by atomic mass is 9.98. The van der Waals surface area contributed by atoms with Gasteiger partial charge in [0.05, 0.1) is 0 Å². The molecule has 0 spiro atoms. The van der Waals surface area contributed by atoms with Crippen LogP contribution in [0.5, 0.6) is 0 Å². The van der Waals surface area contributed by atoms with Crippen LogP contribution in [0.3, 0.4) is 0 Å². The Labute approximate surface area is 54.5 Å². The first-order chi connectivity index (χ1) is 3.89. The molecule has 0 aliphatic rings. The molecule has 3 nitrogen and oxygen atoms in total. The molecule has 0 aromatic carbocycles. The summed E-state index contributed by atoms with van der Waals surface area (Å²) in [7, 11) is 0. The van der Waals surface area contributed by atoms with E-state index in [-0.39, 0.29) is 4.92 Å². The van der Waals surface area contributed by atoms with Gasteiger partial charge in [-0.1, -0.05) is 6.58 Å². The van der Waals surface area contributed by atoms with Gasteiger partial charge in [0.2, 0.25) is 5.54 Å². The van der Waals surface area contributed by atoms with Crippen LogP contribution in [0.4, 0.5) is 0 Å². The van der Waals surface area contributed by atoms with Crippen LogP contribution >= 0.6 is 0 Å². The van der Waals surface area contributed by atoms with Crippen LogP contribution in [0.1, 0.15) is 20.8 Å². The van der Waals surface area contributed by atoms with Crippen molar-refractivity contribution in [2.75, 3.05) is 0 Å². The Kier molecular flexibility index (Phi) is 1.96. The maximum Gasteiger partial charge on any atom is 0.237 e. The minimum absolute atomic E-state index is 0.338. The summed E-state index contributed by atoms with van der Waals surface area (Å²) in [4.78, 5) is 9.87. The van der Waals surface area contributed by atoms with Crippen LogP contribution in [0.25, 0.3) is 0 Å². The smallest absolute Gasteiger partial charge is 0.237 e. The zero-order valence-electron chi connectivity index (χ0n) is 5.97. The van der Waals surface area contributed by atoms with E-state index in [9.17, 15) is 10.1 Å². The van der Waals surface area contributed by atoms with Gasteiger partial charge in [0.15, 0.2) is 0 Å². The molecule has 0 bridgehead atoms. The summed E-state index contributed by atoms with van der Waals surface area (Å²) in [6, 6.07) is 0. The topological polar surface area (TPSA) is 43.1 Å². The van der Waals surface area contributed by atoms with Gasteiger partial charge in [0.25, 0.3) is 0 Å². The van der Waals surface area contributed by atoms with E-state index in [2.05, 4.69) is 6.58 Å². The third-order valence-electron chi connectivity index (χ3n) is 1.50. The molecule has 52 valence electrons. The van der Waals surface area contributed by atoms with Crippen molar-refractivity contribution in [2.24, 2.45) is 0 Å². The van der Waals surface area contributed by atoms with Gasteiger partial charge < -0.3 is 0 Å². The first-order valence-corrected chi connectivity index (χ1v) is 2.69. The van der Waals surface area contributed by atoms with E-state index in [0.717, 1.165) is 0 Å². The summed E-state index contributed by atoms with van der Waals surface area (Å²) in [5.74, 6) is 0. The largest absolute Gasteiger partial charge is 0.264 e. The van der Waals surface area contributed by atoms with Crippen molar-refractivity contribution in [3.8, 4) is 0 Å². The molecule has 9 heavy (non-hydrogen) atoms. The van der Waals surface area contributed by atoms with Gasteiger partial charge in [-0.15, -0.1) is 0 Å². The quantitative estimate of drug-likeness (QED) is 0.323. The summed E-state index contributed by atoms with van der Waals surface area (Å²) in [5.41, 5.74) is -0.396. The predicted molar refractivity (Wildman–Crippen MR) is 35.9 cm³/mol. The Morgan fingerprint density at radius 3 is 2.00 bits per heavy atom. The molecule has 0 radical (unpaired) electrons. The average molecular weight is 129 g/mol. The van der Waals surface area contributed by atoms with E-state index >= 15 is 0 Å². The molecule has 0 atom stereocenters. The van der Waals surface area contributed by atoms with Gasteiger partial charge in [-0.05, 0) is 12.5 Å². The molecule has 3 heteroatoms. The first kappa shape index (κ1) is 8.14. The number of hydrogen-bond acceptors (Lipinski definition) is 2. The van der Waals surface area contributed by atoms with Gasteiger partial charge in [-0.25, -0.2) is 0 Å². The molecule has 0 fully saturated rings. The normalized spacial score (nSPS) is 11.0. The molecular formula is C6H11NO2. The van der Waals surface area contributed by atoms with E-state index in [0.29, 0.717) is 5.57 Å². The van der Waals surface area contributed by atoms with E-state index in [1.165, 1.54) is 13.8 Å². The fourth-order valence-corrected chi connectivity index (χ4v) is 0.156. The van der Waals surface area contributed by atoms with E-state index in [1.807, 2.05) is 0 Å². The summed E-state index contributed by atoms with van der Waals surface area (Å²) >= 11 is 0. The second-order valence-corrected chi connectivity index (χ2v) is 2.60. The highest BCUT2D eigenvalue weighted by Crippen LogP contribution is 2.16. The Hall–Kier alpha value is -0.860. The van der Waals surface area contributed by atoms with Crippen molar-refractivity contribution in [1.29, 1.82) is 0 Å². The third-order valence-corrected chi connectivity index (χ3v) is 1.50. The van der Waals surface area contributed by atoms with Crippen LogP contribution in [-0.4, -0.2) is 10.5 Å². The van der Waals surface area contributed by atoms with Crippen molar-refractivity contribution >= 4 is 0 Å². The van der Waals surface area contributed by atoms with Crippen molar-refractivity contribution in [1.82, 2.24) is 0 Å². The highest BCUT2D eigenvalue weighted by molar-refractivity contribution is 5.04. The summed E-state index contributed by atoms with van der Waals surface area (Å²) in [6.45, 7) is 8.24. The van der Waals surface area contributed by atoms with Crippen molar-refractivity contribution < 1.29 is 4.92 Å². The molecule has 0 aromatic heterocycles. The number of hydrogen-bond donors (Lipinski definition) is 0. The molecule has 0 heterocycles. The zero-order valence-corrected chi connectivity index (χ0v) is 5.97. The second kappa shape index (κ2) is 2.17.